The van der Waals surface area contributed by atoms with E-state index in [4.69, 9.17) is 14.4 Å². The van der Waals surface area contributed by atoms with Crippen molar-refractivity contribution in [2.45, 2.75) is 53.4 Å². The van der Waals surface area contributed by atoms with Crippen molar-refractivity contribution in [3.8, 4) is 11.3 Å². The lowest BCUT2D eigenvalue weighted by Crippen LogP contribution is -2.12. The van der Waals surface area contributed by atoms with Crippen molar-refractivity contribution in [2.24, 2.45) is 5.92 Å². The van der Waals surface area contributed by atoms with Crippen LogP contribution in [0.3, 0.4) is 0 Å². The van der Waals surface area contributed by atoms with Crippen LogP contribution in [0, 0.1) is 12.8 Å². The molecule has 6 aromatic rings. The maximum Gasteiger partial charge on any atom is 0.231 e. The predicted molar refractivity (Wildman–Crippen MR) is 152 cm³/mol. The van der Waals surface area contributed by atoms with Crippen LogP contribution >= 0.6 is 0 Å². The van der Waals surface area contributed by atoms with Crippen LogP contribution in [-0.4, -0.2) is 9.97 Å². The summed E-state index contributed by atoms with van der Waals surface area (Å²) in [5.41, 5.74) is 6.26. The average Bonchev–Trinajstić information content (AvgIpc) is 3.20. The van der Waals surface area contributed by atoms with Crippen molar-refractivity contribution in [3.63, 3.8) is 0 Å². The molecule has 3 heteroatoms. The van der Waals surface area contributed by atoms with E-state index in [-0.39, 0.29) is 5.41 Å². The number of aromatic nitrogens is 2. The van der Waals surface area contributed by atoms with Gasteiger partial charge in [0.25, 0.3) is 0 Å². The van der Waals surface area contributed by atoms with E-state index in [1.54, 1.807) is 0 Å². The van der Waals surface area contributed by atoms with Gasteiger partial charge in [-0.3, -0.25) is 0 Å². The molecule has 0 fully saturated rings. The molecule has 0 aliphatic heterocycles. The Labute approximate surface area is 212 Å². The quantitative estimate of drug-likeness (QED) is 0.258. The Kier molecular flexibility index (Phi) is 5.15. The SMILES string of the molecule is Cc1nc(-c2cc(C(C)(C)C)c3ccccc3c2)c2c(n1)oc1c3cccc(CC(C)C)c3ccc12. The maximum atomic E-state index is 6.50. The summed E-state index contributed by atoms with van der Waals surface area (Å²) in [4.78, 5) is 9.72. The van der Waals surface area contributed by atoms with Gasteiger partial charge in [-0.1, -0.05) is 83.1 Å². The smallest absolute Gasteiger partial charge is 0.231 e. The number of benzene rings is 4. The number of fused-ring (bicyclic) bond motifs is 6. The molecule has 0 saturated carbocycles. The highest BCUT2D eigenvalue weighted by atomic mass is 16.3. The molecule has 0 bridgehead atoms. The first-order chi connectivity index (χ1) is 17.2. The van der Waals surface area contributed by atoms with Crippen LogP contribution in [0.15, 0.2) is 71.1 Å². The van der Waals surface area contributed by atoms with Gasteiger partial charge in [0.15, 0.2) is 0 Å². The Morgan fingerprint density at radius 1 is 0.806 bits per heavy atom. The third-order valence-corrected chi connectivity index (χ3v) is 7.13. The van der Waals surface area contributed by atoms with Crippen LogP contribution in [0.2, 0.25) is 0 Å². The van der Waals surface area contributed by atoms with E-state index < -0.39 is 0 Å². The van der Waals surface area contributed by atoms with Gasteiger partial charge < -0.3 is 4.42 Å². The first-order valence-corrected chi connectivity index (χ1v) is 12.9. The van der Waals surface area contributed by atoms with Crippen LogP contribution < -0.4 is 0 Å². The van der Waals surface area contributed by atoms with E-state index in [0.717, 1.165) is 39.4 Å². The molecule has 6 rings (SSSR count). The summed E-state index contributed by atoms with van der Waals surface area (Å²) < 4.78 is 6.50. The largest absolute Gasteiger partial charge is 0.437 e. The van der Waals surface area contributed by atoms with Gasteiger partial charge in [0.05, 0.1) is 11.1 Å². The molecular weight excluding hydrogens is 440 g/mol. The second-order valence-corrected chi connectivity index (χ2v) is 11.4. The molecule has 0 saturated heterocycles. The summed E-state index contributed by atoms with van der Waals surface area (Å²) in [6.45, 7) is 13.3. The predicted octanol–water partition coefficient (Wildman–Crippen LogP) is 9.15. The van der Waals surface area contributed by atoms with Gasteiger partial charge in [0.1, 0.15) is 11.4 Å². The van der Waals surface area contributed by atoms with Crippen molar-refractivity contribution in [2.75, 3.05) is 0 Å². The van der Waals surface area contributed by atoms with Gasteiger partial charge in [-0.05, 0) is 70.2 Å². The molecule has 0 aliphatic rings. The molecule has 0 N–H and O–H groups in total. The molecule has 0 amide bonds. The van der Waals surface area contributed by atoms with Gasteiger partial charge in [-0.15, -0.1) is 0 Å². The summed E-state index contributed by atoms with van der Waals surface area (Å²) >= 11 is 0. The lowest BCUT2D eigenvalue weighted by Gasteiger charge is -2.23. The zero-order valence-corrected chi connectivity index (χ0v) is 21.9. The number of hydrogen-bond donors (Lipinski definition) is 0. The minimum atomic E-state index is -0.00170. The van der Waals surface area contributed by atoms with E-state index in [9.17, 15) is 0 Å². The minimum Gasteiger partial charge on any atom is -0.437 e. The third-order valence-electron chi connectivity index (χ3n) is 7.13. The number of hydrogen-bond acceptors (Lipinski definition) is 3. The zero-order chi connectivity index (χ0) is 25.2. The second kappa shape index (κ2) is 8.16. The number of rotatable bonds is 3. The van der Waals surface area contributed by atoms with Gasteiger partial charge in [-0.25, -0.2) is 4.98 Å². The van der Waals surface area contributed by atoms with Gasteiger partial charge in [0.2, 0.25) is 5.71 Å². The maximum absolute atomic E-state index is 6.50. The molecule has 180 valence electrons. The Hall–Kier alpha value is -3.72. The van der Waals surface area contributed by atoms with Crippen molar-refractivity contribution in [1.82, 2.24) is 9.97 Å². The van der Waals surface area contributed by atoms with Crippen LogP contribution in [0.1, 0.15) is 51.6 Å². The molecule has 3 nitrogen and oxygen atoms in total. The van der Waals surface area contributed by atoms with Crippen molar-refractivity contribution < 1.29 is 4.42 Å². The summed E-state index contributed by atoms with van der Waals surface area (Å²) in [5, 5.41) is 6.96. The first kappa shape index (κ1) is 22.7. The Balaban J connectivity index is 1.69. The Bertz CT molecular complexity index is 1780. The summed E-state index contributed by atoms with van der Waals surface area (Å²) in [5.74, 6) is 1.30. The summed E-state index contributed by atoms with van der Waals surface area (Å²) in [7, 11) is 0. The van der Waals surface area contributed by atoms with E-state index in [0.29, 0.717) is 17.5 Å². The van der Waals surface area contributed by atoms with E-state index in [1.807, 2.05) is 6.92 Å². The monoisotopic (exact) mass is 472 g/mol. The highest BCUT2D eigenvalue weighted by Crippen LogP contribution is 2.41. The lowest BCUT2D eigenvalue weighted by molar-refractivity contribution is 0.596. The number of aryl methyl sites for hydroxylation is 1. The first-order valence-electron chi connectivity index (χ1n) is 12.9. The van der Waals surface area contributed by atoms with Crippen LogP contribution in [0.25, 0.3) is 54.9 Å². The topological polar surface area (TPSA) is 38.9 Å². The zero-order valence-electron chi connectivity index (χ0n) is 21.9. The molecule has 0 atom stereocenters. The molecule has 2 heterocycles. The van der Waals surface area contributed by atoms with E-state index in [1.165, 1.54) is 27.3 Å². The molecule has 2 aromatic heterocycles. The Morgan fingerprint density at radius 3 is 2.33 bits per heavy atom. The summed E-state index contributed by atoms with van der Waals surface area (Å²) in [6.07, 6.45) is 1.04. The Morgan fingerprint density at radius 2 is 1.56 bits per heavy atom. The minimum absolute atomic E-state index is 0.00170. The molecule has 0 spiro atoms. The molecule has 0 unspecified atom stereocenters. The van der Waals surface area contributed by atoms with Crippen molar-refractivity contribution in [1.29, 1.82) is 0 Å². The van der Waals surface area contributed by atoms with Gasteiger partial charge in [0, 0.05) is 16.3 Å². The summed E-state index contributed by atoms with van der Waals surface area (Å²) in [6, 6.07) is 24.2. The normalized spacial score (nSPS) is 12.5. The average molecular weight is 473 g/mol. The number of furan rings is 1. The fraction of sp³-hybridized carbons (Fsp3) is 0.273. The second-order valence-electron chi connectivity index (χ2n) is 11.4. The van der Waals surface area contributed by atoms with E-state index >= 15 is 0 Å². The van der Waals surface area contributed by atoms with Gasteiger partial charge >= 0.3 is 0 Å². The highest BCUT2D eigenvalue weighted by molar-refractivity contribution is 6.18. The van der Waals surface area contributed by atoms with Crippen LogP contribution in [0.4, 0.5) is 0 Å². The van der Waals surface area contributed by atoms with Crippen molar-refractivity contribution >= 4 is 43.6 Å². The van der Waals surface area contributed by atoms with Crippen molar-refractivity contribution in [3.05, 3.63) is 83.7 Å². The van der Waals surface area contributed by atoms with Gasteiger partial charge in [-0.2, -0.15) is 4.98 Å². The fourth-order valence-electron chi connectivity index (χ4n) is 5.56. The molecule has 36 heavy (non-hydrogen) atoms. The lowest BCUT2D eigenvalue weighted by atomic mass is 9.82. The van der Waals surface area contributed by atoms with E-state index in [2.05, 4.69) is 101 Å². The third kappa shape index (κ3) is 3.65. The molecule has 0 aliphatic carbocycles. The molecule has 4 aromatic carbocycles. The fourth-order valence-corrected chi connectivity index (χ4v) is 5.56. The number of nitrogens with zero attached hydrogens (tertiary/aromatic N) is 2. The van der Waals surface area contributed by atoms with Crippen LogP contribution in [-0.2, 0) is 11.8 Å². The standard InChI is InChI=1S/C33H32N2O/c1-19(2)16-21-11-9-13-26-24(21)14-15-27-29-30(34-20(3)35-32(29)36-31(26)27)23-17-22-10-7-8-12-25(22)28(18-23)33(4,5)6/h7-15,17-19H,16H2,1-6H3. The molecule has 0 radical (unpaired) electrons. The highest BCUT2D eigenvalue weighted by Gasteiger charge is 2.22. The van der Waals surface area contributed by atoms with Crippen LogP contribution in [0.5, 0.6) is 0 Å². The molecular formula is C33H32N2O.